The quantitative estimate of drug-likeness (QED) is 0.305. The standard InChI is InChI=1S/C33H30BrClFN3O2/c1-18-11-20(17-41-29-10-7-22(36)13-26(29)35)19(2)24(12-18)30-25(16-37)32(38)39(23-8-5-21(34)6-9-23)27-14-33(3,4)15-28(40)31(27)30/h5-13,30H,14-15,17,38H2,1-4H3. The lowest BCUT2D eigenvalue weighted by atomic mass is 9.68. The van der Waals surface area contributed by atoms with Crippen molar-refractivity contribution >= 4 is 39.0 Å². The van der Waals surface area contributed by atoms with E-state index in [1.54, 1.807) is 0 Å². The number of nitrogens with zero attached hydrogens (tertiary/aromatic N) is 2. The summed E-state index contributed by atoms with van der Waals surface area (Å²) in [5, 5.41) is 10.7. The molecule has 0 amide bonds. The lowest BCUT2D eigenvalue weighted by Crippen LogP contribution is -2.42. The first-order valence-corrected chi connectivity index (χ1v) is 14.5. The van der Waals surface area contributed by atoms with E-state index in [1.165, 1.54) is 18.2 Å². The lowest BCUT2D eigenvalue weighted by molar-refractivity contribution is -0.118. The Bertz CT molecular complexity index is 1670. The first kappa shape index (κ1) is 28.9. The van der Waals surface area contributed by atoms with Crippen LogP contribution in [0.1, 0.15) is 54.9 Å². The van der Waals surface area contributed by atoms with E-state index >= 15 is 0 Å². The Hall–Kier alpha value is -3.60. The van der Waals surface area contributed by atoms with Crippen molar-refractivity contribution in [3.05, 3.63) is 115 Å². The number of nitriles is 1. The molecule has 1 unspecified atom stereocenters. The van der Waals surface area contributed by atoms with E-state index in [1.807, 2.05) is 55.1 Å². The van der Waals surface area contributed by atoms with Crippen LogP contribution in [0.15, 0.2) is 81.7 Å². The first-order chi connectivity index (χ1) is 19.4. The average molecular weight is 635 g/mol. The fourth-order valence-corrected chi connectivity index (χ4v) is 6.35. The molecule has 5 rings (SSSR count). The van der Waals surface area contributed by atoms with Gasteiger partial charge in [0.2, 0.25) is 0 Å². The van der Waals surface area contributed by atoms with E-state index in [2.05, 4.69) is 35.8 Å². The smallest absolute Gasteiger partial charge is 0.162 e. The van der Waals surface area contributed by atoms with E-state index in [0.717, 1.165) is 38.1 Å². The molecule has 2 aliphatic rings. The molecule has 0 saturated heterocycles. The number of ketones is 1. The second kappa shape index (κ2) is 11.0. The van der Waals surface area contributed by atoms with Crippen LogP contribution in [-0.4, -0.2) is 5.78 Å². The van der Waals surface area contributed by atoms with Gasteiger partial charge in [-0.3, -0.25) is 9.69 Å². The molecule has 3 aromatic carbocycles. The highest BCUT2D eigenvalue weighted by Crippen LogP contribution is 2.51. The van der Waals surface area contributed by atoms with Gasteiger partial charge in [-0.1, -0.05) is 59.1 Å². The van der Waals surface area contributed by atoms with Crippen molar-refractivity contribution in [2.45, 2.75) is 53.1 Å². The van der Waals surface area contributed by atoms with E-state index in [4.69, 9.17) is 22.1 Å². The van der Waals surface area contributed by atoms with Crippen LogP contribution in [0.4, 0.5) is 10.1 Å². The molecule has 0 saturated carbocycles. The lowest BCUT2D eigenvalue weighted by Gasteiger charge is -2.44. The summed E-state index contributed by atoms with van der Waals surface area (Å²) in [6, 6.07) is 18.1. The number of aryl methyl sites for hydroxylation is 1. The summed E-state index contributed by atoms with van der Waals surface area (Å²) in [6.07, 6.45) is 1.00. The summed E-state index contributed by atoms with van der Waals surface area (Å²) in [4.78, 5) is 15.8. The van der Waals surface area contributed by atoms with Crippen LogP contribution in [0.3, 0.4) is 0 Å². The monoisotopic (exact) mass is 633 g/mol. The summed E-state index contributed by atoms with van der Waals surface area (Å²) >= 11 is 9.68. The zero-order valence-corrected chi connectivity index (χ0v) is 25.7. The number of hydrogen-bond acceptors (Lipinski definition) is 5. The van der Waals surface area contributed by atoms with Gasteiger partial charge >= 0.3 is 0 Å². The second-order valence-electron chi connectivity index (χ2n) is 11.5. The maximum atomic E-state index is 13.9. The number of Topliss-reactive ketones (excluding diaryl/α,β-unsaturated/α-hetero) is 1. The first-order valence-electron chi connectivity index (χ1n) is 13.3. The normalized spacial score (nSPS) is 18.3. The van der Waals surface area contributed by atoms with Crippen LogP contribution in [0.25, 0.3) is 0 Å². The van der Waals surface area contributed by atoms with Gasteiger partial charge in [-0.05, 0) is 84.8 Å². The topological polar surface area (TPSA) is 79.3 Å². The number of carbonyl (C=O) groups excluding carboxylic acids is 1. The van der Waals surface area contributed by atoms with E-state index < -0.39 is 11.7 Å². The summed E-state index contributed by atoms with van der Waals surface area (Å²) in [6.45, 7) is 8.27. The number of ether oxygens (including phenoxy) is 1. The van der Waals surface area contributed by atoms with Crippen molar-refractivity contribution in [3.63, 3.8) is 0 Å². The third-order valence-electron chi connectivity index (χ3n) is 7.75. The van der Waals surface area contributed by atoms with Gasteiger partial charge in [0.25, 0.3) is 0 Å². The minimum absolute atomic E-state index is 0.0143. The molecule has 41 heavy (non-hydrogen) atoms. The van der Waals surface area contributed by atoms with Crippen molar-refractivity contribution in [1.82, 2.24) is 0 Å². The number of nitrogens with two attached hydrogens (primary N) is 1. The maximum absolute atomic E-state index is 13.9. The van der Waals surface area contributed by atoms with Gasteiger partial charge in [0.1, 0.15) is 24.0 Å². The zero-order valence-electron chi connectivity index (χ0n) is 23.3. The van der Waals surface area contributed by atoms with E-state index in [9.17, 15) is 14.4 Å². The highest BCUT2D eigenvalue weighted by molar-refractivity contribution is 9.10. The molecule has 1 heterocycles. The van der Waals surface area contributed by atoms with Crippen LogP contribution < -0.4 is 15.4 Å². The van der Waals surface area contributed by atoms with Gasteiger partial charge in [-0.15, -0.1) is 0 Å². The molecule has 1 aliphatic carbocycles. The molecule has 5 nitrogen and oxygen atoms in total. The van der Waals surface area contributed by atoms with Crippen molar-refractivity contribution in [2.75, 3.05) is 4.90 Å². The Labute approximate surface area is 253 Å². The summed E-state index contributed by atoms with van der Waals surface area (Å²) in [5.41, 5.74) is 12.7. The number of allylic oxidation sites excluding steroid dienone is 3. The van der Waals surface area contributed by atoms with Crippen molar-refractivity contribution < 1.29 is 13.9 Å². The number of carbonyl (C=O) groups is 1. The highest BCUT2D eigenvalue weighted by atomic mass is 79.9. The molecule has 2 N–H and O–H groups in total. The molecular weight excluding hydrogens is 605 g/mol. The minimum Gasteiger partial charge on any atom is -0.487 e. The van der Waals surface area contributed by atoms with Gasteiger partial charge in [0.15, 0.2) is 5.78 Å². The molecule has 3 aromatic rings. The Morgan fingerprint density at radius 1 is 1.15 bits per heavy atom. The van der Waals surface area contributed by atoms with Gasteiger partial charge in [0.05, 0.1) is 22.6 Å². The number of rotatable bonds is 5. The van der Waals surface area contributed by atoms with Crippen LogP contribution in [0, 0.1) is 36.4 Å². The Kier molecular flexibility index (Phi) is 7.76. The van der Waals surface area contributed by atoms with Crippen molar-refractivity contribution in [3.8, 4) is 11.8 Å². The molecule has 210 valence electrons. The Morgan fingerprint density at radius 3 is 2.51 bits per heavy atom. The van der Waals surface area contributed by atoms with Gasteiger partial charge in [0, 0.05) is 27.9 Å². The van der Waals surface area contributed by atoms with Gasteiger partial charge in [-0.25, -0.2) is 4.39 Å². The molecule has 0 fully saturated rings. The summed E-state index contributed by atoms with van der Waals surface area (Å²) in [7, 11) is 0. The predicted octanol–water partition coefficient (Wildman–Crippen LogP) is 8.38. The number of benzene rings is 3. The predicted molar refractivity (Wildman–Crippen MR) is 163 cm³/mol. The number of anilines is 1. The average Bonchev–Trinajstić information content (AvgIpc) is 2.89. The van der Waals surface area contributed by atoms with Crippen LogP contribution in [-0.2, 0) is 11.4 Å². The highest BCUT2D eigenvalue weighted by Gasteiger charge is 2.45. The van der Waals surface area contributed by atoms with Crippen molar-refractivity contribution in [2.24, 2.45) is 11.1 Å². The third-order valence-corrected chi connectivity index (χ3v) is 8.58. The Balaban J connectivity index is 1.66. The molecule has 0 bridgehead atoms. The summed E-state index contributed by atoms with van der Waals surface area (Å²) < 4.78 is 20.4. The van der Waals surface area contributed by atoms with Crippen LogP contribution >= 0.6 is 27.5 Å². The SMILES string of the molecule is Cc1cc(COc2ccc(F)cc2Cl)c(C)c(C2C(C#N)=C(N)N(c3ccc(Br)cc3)C3=C2C(=O)CC(C)(C)C3)c1. The van der Waals surface area contributed by atoms with Crippen LogP contribution in [0.2, 0.25) is 5.02 Å². The fraction of sp³-hybridized carbons (Fsp3) is 0.273. The van der Waals surface area contributed by atoms with Gasteiger partial charge < -0.3 is 10.5 Å². The second-order valence-corrected chi connectivity index (χ2v) is 12.8. The molecule has 0 spiro atoms. The number of halogens is 3. The van der Waals surface area contributed by atoms with E-state index in [0.29, 0.717) is 35.6 Å². The van der Waals surface area contributed by atoms with Crippen molar-refractivity contribution in [1.29, 1.82) is 5.26 Å². The van der Waals surface area contributed by atoms with E-state index in [-0.39, 0.29) is 22.8 Å². The van der Waals surface area contributed by atoms with Gasteiger partial charge in [-0.2, -0.15) is 5.26 Å². The molecule has 0 radical (unpaired) electrons. The molecule has 8 heteroatoms. The number of hydrogen-bond donors (Lipinski definition) is 1. The zero-order chi connectivity index (χ0) is 29.6. The summed E-state index contributed by atoms with van der Waals surface area (Å²) in [5.74, 6) is -0.349. The van der Waals surface area contributed by atoms with Crippen LogP contribution in [0.5, 0.6) is 5.75 Å². The third kappa shape index (κ3) is 5.51. The maximum Gasteiger partial charge on any atom is 0.162 e. The Morgan fingerprint density at radius 2 is 1.85 bits per heavy atom. The molecule has 0 aromatic heterocycles. The minimum atomic E-state index is -0.613. The molecule has 1 aliphatic heterocycles. The molecular formula is C33H30BrClFN3O2. The molecule has 1 atom stereocenters. The fourth-order valence-electron chi connectivity index (χ4n) is 5.87. The largest absolute Gasteiger partial charge is 0.487 e.